The largest absolute Gasteiger partial charge is 0.493 e. The standard InChI is InChI=1S/C19H28N2O5/c1-5-26-19(23)14-7-6-10-21(12-14)13(2)18(22)20-15-8-9-16(24-3)17(11-15)25-4/h8-9,11,13-14H,5-7,10,12H2,1-4H3,(H,20,22)/t13-,14+/m0/s1. The van der Waals surface area contributed by atoms with Gasteiger partial charge in [-0.2, -0.15) is 0 Å². The maximum absolute atomic E-state index is 12.6. The number of hydrogen-bond acceptors (Lipinski definition) is 6. The Balaban J connectivity index is 1.99. The number of benzene rings is 1. The van der Waals surface area contributed by atoms with E-state index in [1.54, 1.807) is 39.3 Å². The average Bonchev–Trinajstić information content (AvgIpc) is 2.67. The molecule has 1 heterocycles. The lowest BCUT2D eigenvalue weighted by atomic mass is 9.97. The van der Waals surface area contributed by atoms with Crippen molar-refractivity contribution in [2.24, 2.45) is 5.92 Å². The number of anilines is 1. The van der Waals surface area contributed by atoms with Crippen molar-refractivity contribution in [2.75, 3.05) is 39.2 Å². The average molecular weight is 364 g/mol. The zero-order valence-corrected chi connectivity index (χ0v) is 15.9. The first kappa shape index (κ1) is 20.0. The van der Waals surface area contributed by atoms with Gasteiger partial charge < -0.3 is 19.5 Å². The molecule has 1 aliphatic heterocycles. The van der Waals surface area contributed by atoms with Crippen molar-refractivity contribution in [3.8, 4) is 11.5 Å². The number of carbonyl (C=O) groups excluding carboxylic acids is 2. The lowest BCUT2D eigenvalue weighted by Crippen LogP contribution is -2.48. The lowest BCUT2D eigenvalue weighted by Gasteiger charge is -2.35. The Morgan fingerprint density at radius 3 is 2.65 bits per heavy atom. The summed E-state index contributed by atoms with van der Waals surface area (Å²) in [6.07, 6.45) is 1.68. The number of hydrogen-bond donors (Lipinski definition) is 1. The van der Waals surface area contributed by atoms with Gasteiger partial charge in [0, 0.05) is 18.3 Å². The predicted octanol–water partition coefficient (Wildman–Crippen LogP) is 2.31. The summed E-state index contributed by atoms with van der Waals surface area (Å²) in [6, 6.07) is 4.89. The third-order valence-electron chi connectivity index (χ3n) is 4.65. The first-order valence-electron chi connectivity index (χ1n) is 8.93. The van der Waals surface area contributed by atoms with Crippen LogP contribution >= 0.6 is 0 Å². The van der Waals surface area contributed by atoms with E-state index in [0.717, 1.165) is 19.4 Å². The number of methoxy groups -OCH3 is 2. The molecule has 0 bridgehead atoms. The number of esters is 1. The van der Waals surface area contributed by atoms with Crippen molar-refractivity contribution in [2.45, 2.75) is 32.7 Å². The van der Waals surface area contributed by atoms with Crippen molar-refractivity contribution in [1.29, 1.82) is 0 Å². The summed E-state index contributed by atoms with van der Waals surface area (Å²) in [5, 5.41) is 2.90. The molecule has 0 aliphatic carbocycles. The Labute approximate surface area is 154 Å². The number of carbonyl (C=O) groups is 2. The molecule has 7 heteroatoms. The molecular formula is C19H28N2O5. The van der Waals surface area contributed by atoms with E-state index in [9.17, 15) is 9.59 Å². The van der Waals surface area contributed by atoms with Crippen molar-refractivity contribution >= 4 is 17.6 Å². The molecule has 26 heavy (non-hydrogen) atoms. The van der Waals surface area contributed by atoms with E-state index in [0.29, 0.717) is 30.3 Å². The van der Waals surface area contributed by atoms with Crippen molar-refractivity contribution in [3.05, 3.63) is 18.2 Å². The Morgan fingerprint density at radius 2 is 2.00 bits per heavy atom. The molecule has 0 spiro atoms. The SMILES string of the molecule is CCOC(=O)[C@@H]1CCCN([C@@H](C)C(=O)Nc2ccc(OC)c(OC)c2)C1. The van der Waals surface area contributed by atoms with Crippen LogP contribution in [0, 0.1) is 5.92 Å². The van der Waals surface area contributed by atoms with E-state index in [-0.39, 0.29) is 23.8 Å². The molecule has 7 nitrogen and oxygen atoms in total. The fraction of sp³-hybridized carbons (Fsp3) is 0.579. The van der Waals surface area contributed by atoms with Gasteiger partial charge in [-0.15, -0.1) is 0 Å². The molecular weight excluding hydrogens is 336 g/mol. The van der Waals surface area contributed by atoms with E-state index < -0.39 is 0 Å². The van der Waals surface area contributed by atoms with Crippen LogP contribution < -0.4 is 14.8 Å². The third kappa shape index (κ3) is 4.88. The van der Waals surface area contributed by atoms with Gasteiger partial charge in [-0.05, 0) is 45.4 Å². The summed E-state index contributed by atoms with van der Waals surface area (Å²) in [6.45, 7) is 5.36. The smallest absolute Gasteiger partial charge is 0.310 e. The van der Waals surface area contributed by atoms with Gasteiger partial charge in [0.25, 0.3) is 0 Å². The molecule has 0 radical (unpaired) electrons. The Kier molecular flexibility index (Phi) is 7.26. The second-order valence-corrected chi connectivity index (χ2v) is 6.32. The third-order valence-corrected chi connectivity index (χ3v) is 4.65. The highest BCUT2D eigenvalue weighted by Crippen LogP contribution is 2.30. The van der Waals surface area contributed by atoms with Crippen molar-refractivity contribution in [3.63, 3.8) is 0 Å². The molecule has 2 rings (SSSR count). The molecule has 1 amide bonds. The number of rotatable bonds is 7. The van der Waals surface area contributed by atoms with E-state index in [1.165, 1.54) is 0 Å². The Morgan fingerprint density at radius 1 is 1.27 bits per heavy atom. The minimum Gasteiger partial charge on any atom is -0.493 e. The van der Waals surface area contributed by atoms with Gasteiger partial charge in [0.1, 0.15) is 0 Å². The molecule has 2 atom stereocenters. The van der Waals surface area contributed by atoms with Crippen LogP contribution in [0.25, 0.3) is 0 Å². The van der Waals surface area contributed by atoms with Gasteiger partial charge in [0.2, 0.25) is 5.91 Å². The summed E-state index contributed by atoms with van der Waals surface area (Å²) in [5.41, 5.74) is 0.637. The number of nitrogens with zero attached hydrogens (tertiary/aromatic N) is 1. The second-order valence-electron chi connectivity index (χ2n) is 6.32. The predicted molar refractivity (Wildman–Crippen MR) is 98.6 cm³/mol. The Bertz CT molecular complexity index is 634. The van der Waals surface area contributed by atoms with E-state index in [2.05, 4.69) is 5.32 Å². The van der Waals surface area contributed by atoms with Gasteiger partial charge in [-0.25, -0.2) is 0 Å². The molecule has 1 saturated heterocycles. The molecule has 1 aromatic rings. The number of nitrogens with one attached hydrogen (secondary N) is 1. The lowest BCUT2D eigenvalue weighted by molar-refractivity contribution is -0.150. The maximum atomic E-state index is 12.6. The minimum atomic E-state index is -0.347. The first-order valence-corrected chi connectivity index (χ1v) is 8.93. The normalized spacial score (nSPS) is 18.7. The summed E-state index contributed by atoms with van der Waals surface area (Å²) < 4.78 is 15.6. The topological polar surface area (TPSA) is 77.1 Å². The van der Waals surface area contributed by atoms with Crippen LogP contribution in [-0.4, -0.2) is 56.7 Å². The fourth-order valence-electron chi connectivity index (χ4n) is 3.14. The maximum Gasteiger partial charge on any atom is 0.310 e. The number of ether oxygens (including phenoxy) is 3. The van der Waals surface area contributed by atoms with Crippen LogP contribution in [0.1, 0.15) is 26.7 Å². The van der Waals surface area contributed by atoms with E-state index in [4.69, 9.17) is 14.2 Å². The van der Waals surface area contributed by atoms with Crippen LogP contribution in [0.4, 0.5) is 5.69 Å². The van der Waals surface area contributed by atoms with Crippen LogP contribution in [0.3, 0.4) is 0 Å². The molecule has 0 aromatic heterocycles. The number of piperidine rings is 1. The molecule has 144 valence electrons. The molecule has 0 unspecified atom stereocenters. The molecule has 1 aromatic carbocycles. The minimum absolute atomic E-state index is 0.123. The van der Waals surface area contributed by atoms with Gasteiger partial charge in [-0.1, -0.05) is 0 Å². The van der Waals surface area contributed by atoms with E-state index in [1.807, 2.05) is 11.8 Å². The summed E-state index contributed by atoms with van der Waals surface area (Å²) >= 11 is 0. The van der Waals surface area contributed by atoms with Crippen LogP contribution in [-0.2, 0) is 14.3 Å². The molecule has 1 N–H and O–H groups in total. The van der Waals surface area contributed by atoms with Crippen LogP contribution in [0.15, 0.2) is 18.2 Å². The molecule has 1 fully saturated rings. The molecule has 1 aliphatic rings. The zero-order valence-electron chi connectivity index (χ0n) is 15.9. The summed E-state index contributed by atoms with van der Waals surface area (Å²) in [4.78, 5) is 26.6. The molecule has 0 saturated carbocycles. The highest BCUT2D eigenvalue weighted by molar-refractivity contribution is 5.94. The second kappa shape index (κ2) is 9.43. The van der Waals surface area contributed by atoms with E-state index >= 15 is 0 Å². The van der Waals surface area contributed by atoms with Crippen LogP contribution in [0.2, 0.25) is 0 Å². The van der Waals surface area contributed by atoms with Crippen molar-refractivity contribution < 1.29 is 23.8 Å². The summed E-state index contributed by atoms with van der Waals surface area (Å²) in [5.74, 6) is 0.691. The Hall–Kier alpha value is -2.28. The van der Waals surface area contributed by atoms with Gasteiger partial charge >= 0.3 is 5.97 Å². The van der Waals surface area contributed by atoms with Crippen LogP contribution in [0.5, 0.6) is 11.5 Å². The first-order chi connectivity index (χ1) is 12.5. The highest BCUT2D eigenvalue weighted by atomic mass is 16.5. The van der Waals surface area contributed by atoms with Crippen molar-refractivity contribution in [1.82, 2.24) is 4.90 Å². The fourth-order valence-corrected chi connectivity index (χ4v) is 3.14. The monoisotopic (exact) mass is 364 g/mol. The summed E-state index contributed by atoms with van der Waals surface area (Å²) in [7, 11) is 3.11. The number of amides is 1. The number of likely N-dealkylation sites (tertiary alicyclic amines) is 1. The zero-order chi connectivity index (χ0) is 19.1. The van der Waals surface area contributed by atoms with Gasteiger partial charge in [0.15, 0.2) is 11.5 Å². The highest BCUT2D eigenvalue weighted by Gasteiger charge is 2.31. The van der Waals surface area contributed by atoms with Gasteiger partial charge in [0.05, 0.1) is 32.8 Å². The quantitative estimate of drug-likeness (QED) is 0.748. The van der Waals surface area contributed by atoms with Gasteiger partial charge in [-0.3, -0.25) is 14.5 Å².